The SMILES string of the molecule is CCCc1cc(B2OC(C)(C)C(C)(C)O2)cnc1Cl. The lowest BCUT2D eigenvalue weighted by Crippen LogP contribution is -2.41. The quantitative estimate of drug-likeness (QED) is 0.630. The topological polar surface area (TPSA) is 31.4 Å². The fourth-order valence-electron chi connectivity index (χ4n) is 2.06. The van der Waals surface area contributed by atoms with Crippen molar-refractivity contribution in [3.63, 3.8) is 0 Å². The smallest absolute Gasteiger partial charge is 0.399 e. The molecule has 104 valence electrons. The highest BCUT2D eigenvalue weighted by Crippen LogP contribution is 2.36. The van der Waals surface area contributed by atoms with Gasteiger partial charge in [0, 0.05) is 11.7 Å². The highest BCUT2D eigenvalue weighted by Gasteiger charge is 2.51. The van der Waals surface area contributed by atoms with Gasteiger partial charge in [-0.25, -0.2) is 4.98 Å². The van der Waals surface area contributed by atoms with E-state index in [2.05, 4.69) is 11.9 Å². The molecule has 1 fully saturated rings. The summed E-state index contributed by atoms with van der Waals surface area (Å²) in [5, 5.41) is 0.571. The minimum Gasteiger partial charge on any atom is -0.399 e. The van der Waals surface area contributed by atoms with Gasteiger partial charge in [-0.1, -0.05) is 31.0 Å². The van der Waals surface area contributed by atoms with E-state index in [-0.39, 0.29) is 18.3 Å². The fourth-order valence-corrected chi connectivity index (χ4v) is 2.26. The lowest BCUT2D eigenvalue weighted by atomic mass is 9.79. The normalized spacial score (nSPS) is 20.8. The van der Waals surface area contributed by atoms with Crippen molar-refractivity contribution in [3.8, 4) is 0 Å². The molecule has 0 radical (unpaired) electrons. The number of nitrogens with zero attached hydrogens (tertiary/aromatic N) is 1. The molecular weight excluding hydrogens is 260 g/mol. The maximum atomic E-state index is 6.10. The Balaban J connectivity index is 2.27. The van der Waals surface area contributed by atoms with Crippen molar-refractivity contribution >= 4 is 24.2 Å². The standard InChI is InChI=1S/C14H21BClNO2/c1-6-7-10-8-11(9-17-12(10)16)15-18-13(2,3)14(4,5)19-15/h8-9H,6-7H2,1-5H3. The van der Waals surface area contributed by atoms with E-state index in [1.54, 1.807) is 6.20 Å². The maximum absolute atomic E-state index is 6.10. The molecule has 1 aromatic heterocycles. The van der Waals surface area contributed by atoms with Crippen LogP contribution < -0.4 is 5.46 Å². The monoisotopic (exact) mass is 281 g/mol. The van der Waals surface area contributed by atoms with Crippen molar-refractivity contribution in [3.05, 3.63) is 23.0 Å². The van der Waals surface area contributed by atoms with E-state index in [9.17, 15) is 0 Å². The van der Waals surface area contributed by atoms with E-state index in [4.69, 9.17) is 20.9 Å². The third kappa shape index (κ3) is 2.81. The lowest BCUT2D eigenvalue weighted by Gasteiger charge is -2.32. The van der Waals surface area contributed by atoms with Gasteiger partial charge in [-0.3, -0.25) is 0 Å². The molecule has 2 rings (SSSR count). The first-order valence-corrected chi connectivity index (χ1v) is 7.14. The first kappa shape index (κ1) is 14.8. The lowest BCUT2D eigenvalue weighted by molar-refractivity contribution is 0.00578. The second-order valence-corrected chi connectivity index (χ2v) is 6.41. The van der Waals surface area contributed by atoms with E-state index in [1.165, 1.54) is 0 Å². The average molecular weight is 282 g/mol. The van der Waals surface area contributed by atoms with Gasteiger partial charge in [-0.15, -0.1) is 0 Å². The van der Waals surface area contributed by atoms with Crippen LogP contribution in [0.25, 0.3) is 0 Å². The molecule has 0 unspecified atom stereocenters. The second-order valence-electron chi connectivity index (χ2n) is 6.06. The van der Waals surface area contributed by atoms with Crippen molar-refractivity contribution in [2.45, 2.75) is 58.7 Å². The van der Waals surface area contributed by atoms with E-state index < -0.39 is 0 Å². The van der Waals surface area contributed by atoms with E-state index in [1.807, 2.05) is 33.8 Å². The molecule has 0 atom stereocenters. The summed E-state index contributed by atoms with van der Waals surface area (Å²) in [6.07, 6.45) is 3.69. The van der Waals surface area contributed by atoms with Crippen LogP contribution in [0.1, 0.15) is 46.6 Å². The molecule has 3 nitrogen and oxygen atoms in total. The highest BCUT2D eigenvalue weighted by atomic mass is 35.5. The zero-order valence-corrected chi connectivity index (χ0v) is 13.0. The summed E-state index contributed by atoms with van der Waals surface area (Å²) in [5.41, 5.74) is 1.33. The number of aryl methyl sites for hydroxylation is 1. The van der Waals surface area contributed by atoms with Crippen LogP contribution in [-0.4, -0.2) is 23.3 Å². The number of halogens is 1. The molecule has 0 saturated carbocycles. The van der Waals surface area contributed by atoms with Gasteiger partial charge in [0.1, 0.15) is 5.15 Å². The van der Waals surface area contributed by atoms with Gasteiger partial charge in [0.15, 0.2) is 0 Å². The Morgan fingerprint density at radius 3 is 2.32 bits per heavy atom. The summed E-state index contributed by atoms with van der Waals surface area (Å²) in [6, 6.07) is 2.04. The minimum atomic E-state index is -0.370. The van der Waals surface area contributed by atoms with E-state index in [0.717, 1.165) is 23.9 Å². The summed E-state index contributed by atoms with van der Waals surface area (Å²) in [4.78, 5) is 4.24. The van der Waals surface area contributed by atoms with Crippen LogP contribution in [0.4, 0.5) is 0 Å². The summed E-state index contributed by atoms with van der Waals surface area (Å²) < 4.78 is 12.0. The second kappa shape index (κ2) is 5.08. The Labute approximate surface area is 120 Å². The molecule has 0 amide bonds. The third-order valence-electron chi connectivity index (χ3n) is 3.98. The predicted octanol–water partition coefficient (Wildman–Crippen LogP) is 2.99. The Kier molecular flexibility index (Phi) is 3.96. The number of aromatic nitrogens is 1. The molecule has 0 bridgehead atoms. The first-order valence-electron chi connectivity index (χ1n) is 6.77. The molecule has 2 heterocycles. The molecule has 5 heteroatoms. The minimum absolute atomic E-state index is 0.331. The van der Waals surface area contributed by atoms with E-state index in [0.29, 0.717) is 5.15 Å². The Bertz CT molecular complexity index is 461. The molecule has 0 spiro atoms. The van der Waals surface area contributed by atoms with Crippen LogP contribution in [0.3, 0.4) is 0 Å². The van der Waals surface area contributed by atoms with Crippen LogP contribution in [0.5, 0.6) is 0 Å². The van der Waals surface area contributed by atoms with Crippen molar-refractivity contribution < 1.29 is 9.31 Å². The third-order valence-corrected chi connectivity index (χ3v) is 4.32. The summed E-state index contributed by atoms with van der Waals surface area (Å²) >= 11 is 6.10. The van der Waals surface area contributed by atoms with Crippen LogP contribution in [0, 0.1) is 0 Å². The summed E-state index contributed by atoms with van der Waals surface area (Å²) in [5.74, 6) is 0. The van der Waals surface area contributed by atoms with E-state index >= 15 is 0 Å². The van der Waals surface area contributed by atoms with Gasteiger partial charge in [0.05, 0.1) is 11.2 Å². The molecule has 1 aromatic rings. The van der Waals surface area contributed by atoms with Gasteiger partial charge in [-0.2, -0.15) is 0 Å². The van der Waals surface area contributed by atoms with Crippen LogP contribution in [0.2, 0.25) is 5.15 Å². The Morgan fingerprint density at radius 1 is 1.21 bits per heavy atom. The molecule has 1 saturated heterocycles. The number of pyridine rings is 1. The zero-order chi connectivity index (χ0) is 14.3. The largest absolute Gasteiger partial charge is 0.496 e. The fraction of sp³-hybridized carbons (Fsp3) is 0.643. The summed E-state index contributed by atoms with van der Waals surface area (Å²) in [7, 11) is -0.370. The molecule has 19 heavy (non-hydrogen) atoms. The van der Waals surface area contributed by atoms with Crippen LogP contribution in [-0.2, 0) is 15.7 Å². The van der Waals surface area contributed by atoms with Gasteiger partial charge >= 0.3 is 7.12 Å². The molecule has 1 aliphatic rings. The average Bonchev–Trinajstić information content (AvgIpc) is 2.51. The predicted molar refractivity (Wildman–Crippen MR) is 79.0 cm³/mol. The van der Waals surface area contributed by atoms with Crippen molar-refractivity contribution in [2.24, 2.45) is 0 Å². The number of rotatable bonds is 3. The van der Waals surface area contributed by atoms with Crippen LogP contribution >= 0.6 is 11.6 Å². The van der Waals surface area contributed by atoms with Crippen molar-refractivity contribution in [1.29, 1.82) is 0 Å². The maximum Gasteiger partial charge on any atom is 0.496 e. The molecule has 1 aliphatic heterocycles. The highest BCUT2D eigenvalue weighted by molar-refractivity contribution is 6.62. The number of hydrogen-bond donors (Lipinski definition) is 0. The molecule has 0 aromatic carbocycles. The Hall–Kier alpha value is -0.575. The first-order chi connectivity index (χ1) is 8.77. The van der Waals surface area contributed by atoms with Gasteiger partial charge in [-0.05, 0) is 39.7 Å². The zero-order valence-electron chi connectivity index (χ0n) is 12.3. The van der Waals surface area contributed by atoms with Crippen molar-refractivity contribution in [1.82, 2.24) is 4.98 Å². The number of hydrogen-bond acceptors (Lipinski definition) is 3. The molecule has 0 N–H and O–H groups in total. The summed E-state index contributed by atoms with van der Waals surface area (Å²) in [6.45, 7) is 10.3. The van der Waals surface area contributed by atoms with Gasteiger partial charge in [0.2, 0.25) is 0 Å². The van der Waals surface area contributed by atoms with Crippen LogP contribution in [0.15, 0.2) is 12.3 Å². The van der Waals surface area contributed by atoms with Gasteiger partial charge < -0.3 is 9.31 Å². The molecular formula is C14H21BClNO2. The van der Waals surface area contributed by atoms with Crippen molar-refractivity contribution in [2.75, 3.05) is 0 Å². The molecule has 0 aliphatic carbocycles. The Morgan fingerprint density at radius 2 is 1.79 bits per heavy atom. The van der Waals surface area contributed by atoms with Gasteiger partial charge in [0.25, 0.3) is 0 Å².